The zero-order valence-electron chi connectivity index (χ0n) is 11.6. The summed E-state index contributed by atoms with van der Waals surface area (Å²) >= 11 is 0. The van der Waals surface area contributed by atoms with Crippen LogP contribution in [0.1, 0.15) is 17.2 Å². The molecule has 8 heteroatoms. The van der Waals surface area contributed by atoms with Gasteiger partial charge in [0.2, 0.25) is 10.0 Å². The Morgan fingerprint density at radius 3 is 2.04 bits per heavy atom. The topological polar surface area (TPSA) is 70.0 Å². The van der Waals surface area contributed by atoms with E-state index in [4.69, 9.17) is 5.26 Å². The van der Waals surface area contributed by atoms with Crippen LogP contribution in [-0.4, -0.2) is 8.42 Å². The zero-order chi connectivity index (χ0) is 17.1. The van der Waals surface area contributed by atoms with E-state index in [-0.39, 0.29) is 10.5 Å². The Kier molecular flexibility index (Phi) is 4.73. The largest absolute Gasteiger partial charge is 0.416 e. The summed E-state index contributed by atoms with van der Waals surface area (Å²) in [5, 5.41) is 9.12. The molecule has 120 valence electrons. The van der Waals surface area contributed by atoms with Crippen LogP contribution in [-0.2, 0) is 16.2 Å². The lowest BCUT2D eigenvalue weighted by Crippen LogP contribution is -2.27. The summed E-state index contributed by atoms with van der Waals surface area (Å²) < 4.78 is 64.0. The van der Waals surface area contributed by atoms with Crippen LogP contribution in [0, 0.1) is 11.3 Å². The summed E-state index contributed by atoms with van der Waals surface area (Å²) in [4.78, 5) is -0.0350. The number of alkyl halides is 3. The van der Waals surface area contributed by atoms with Crippen LogP contribution in [0.4, 0.5) is 13.2 Å². The second-order valence-electron chi connectivity index (χ2n) is 4.62. The Balaban J connectivity index is 2.26. The van der Waals surface area contributed by atoms with Crippen molar-refractivity contribution in [3.63, 3.8) is 0 Å². The molecule has 2 rings (SSSR count). The number of rotatable bonds is 4. The van der Waals surface area contributed by atoms with Crippen molar-refractivity contribution in [2.75, 3.05) is 0 Å². The third-order valence-electron chi connectivity index (χ3n) is 3.03. The molecular formula is C15H11F3N2O2S. The van der Waals surface area contributed by atoms with E-state index in [9.17, 15) is 21.6 Å². The van der Waals surface area contributed by atoms with Crippen molar-refractivity contribution in [2.24, 2.45) is 0 Å². The molecule has 0 bridgehead atoms. The number of hydrogen-bond acceptors (Lipinski definition) is 3. The SMILES string of the molecule is N#CC(NS(=O)(=O)c1ccccc1)c1ccc(C(F)(F)F)cc1. The monoisotopic (exact) mass is 340 g/mol. The first-order chi connectivity index (χ1) is 10.7. The normalized spacial score (nSPS) is 13.3. The first-order valence-corrected chi connectivity index (χ1v) is 7.86. The highest BCUT2D eigenvalue weighted by molar-refractivity contribution is 7.89. The molecule has 1 N–H and O–H groups in total. The molecule has 0 fully saturated rings. The summed E-state index contributed by atoms with van der Waals surface area (Å²) in [6.07, 6.45) is -4.50. The Bertz CT molecular complexity index is 811. The number of sulfonamides is 1. The number of benzene rings is 2. The summed E-state index contributed by atoms with van der Waals surface area (Å²) in [5.41, 5.74) is -0.746. The van der Waals surface area contributed by atoms with E-state index < -0.39 is 27.8 Å². The fraction of sp³-hybridized carbons (Fsp3) is 0.133. The van der Waals surface area contributed by atoms with Crippen LogP contribution in [0.25, 0.3) is 0 Å². The molecule has 2 aromatic rings. The van der Waals surface area contributed by atoms with Gasteiger partial charge in [-0.15, -0.1) is 0 Å². The van der Waals surface area contributed by atoms with E-state index in [2.05, 4.69) is 4.72 Å². The van der Waals surface area contributed by atoms with Crippen molar-refractivity contribution >= 4 is 10.0 Å². The lowest BCUT2D eigenvalue weighted by atomic mass is 10.1. The minimum atomic E-state index is -4.50. The van der Waals surface area contributed by atoms with Crippen LogP contribution in [0.2, 0.25) is 0 Å². The van der Waals surface area contributed by atoms with Crippen LogP contribution in [0.15, 0.2) is 59.5 Å². The van der Waals surface area contributed by atoms with Gasteiger partial charge in [0.15, 0.2) is 0 Å². The van der Waals surface area contributed by atoms with Crippen LogP contribution in [0.5, 0.6) is 0 Å². The van der Waals surface area contributed by atoms with Crippen molar-refractivity contribution in [1.29, 1.82) is 5.26 Å². The van der Waals surface area contributed by atoms with Gasteiger partial charge < -0.3 is 0 Å². The molecule has 0 aromatic heterocycles. The van der Waals surface area contributed by atoms with E-state index in [1.807, 2.05) is 0 Å². The average Bonchev–Trinajstić information content (AvgIpc) is 2.53. The lowest BCUT2D eigenvalue weighted by Gasteiger charge is -2.13. The number of nitrogens with zero attached hydrogens (tertiary/aromatic N) is 1. The van der Waals surface area contributed by atoms with Gasteiger partial charge in [-0.1, -0.05) is 30.3 Å². The molecule has 0 spiro atoms. The highest BCUT2D eigenvalue weighted by Gasteiger charge is 2.30. The Hall–Kier alpha value is -2.37. The van der Waals surface area contributed by atoms with E-state index >= 15 is 0 Å². The minimum absolute atomic E-state index is 0.0350. The predicted octanol–water partition coefficient (Wildman–Crippen LogP) is 3.25. The van der Waals surface area contributed by atoms with Crippen molar-refractivity contribution < 1.29 is 21.6 Å². The van der Waals surface area contributed by atoms with Crippen molar-refractivity contribution in [3.8, 4) is 6.07 Å². The smallest absolute Gasteiger partial charge is 0.207 e. The van der Waals surface area contributed by atoms with Gasteiger partial charge in [-0.25, -0.2) is 8.42 Å². The van der Waals surface area contributed by atoms with Crippen LogP contribution >= 0.6 is 0 Å². The first-order valence-electron chi connectivity index (χ1n) is 6.38. The van der Waals surface area contributed by atoms with Crippen molar-refractivity contribution in [3.05, 3.63) is 65.7 Å². The van der Waals surface area contributed by atoms with Gasteiger partial charge in [0.25, 0.3) is 0 Å². The molecule has 0 saturated heterocycles. The molecule has 1 atom stereocenters. The molecular weight excluding hydrogens is 329 g/mol. The maximum atomic E-state index is 12.5. The number of halogens is 3. The van der Waals surface area contributed by atoms with Gasteiger partial charge in [0, 0.05) is 0 Å². The maximum absolute atomic E-state index is 12.5. The molecule has 2 aromatic carbocycles. The van der Waals surface area contributed by atoms with E-state index in [1.165, 1.54) is 24.3 Å². The van der Waals surface area contributed by atoms with Gasteiger partial charge in [-0.05, 0) is 29.8 Å². The summed E-state index contributed by atoms with van der Waals surface area (Å²) in [5.74, 6) is 0. The Morgan fingerprint density at radius 1 is 1.00 bits per heavy atom. The molecule has 0 amide bonds. The second-order valence-corrected chi connectivity index (χ2v) is 6.33. The van der Waals surface area contributed by atoms with Gasteiger partial charge in [-0.2, -0.15) is 23.2 Å². The fourth-order valence-electron chi connectivity index (χ4n) is 1.86. The van der Waals surface area contributed by atoms with Gasteiger partial charge in [0.1, 0.15) is 6.04 Å². The summed E-state index contributed by atoms with van der Waals surface area (Å²) in [6, 6.07) is 11.6. The number of nitriles is 1. The van der Waals surface area contributed by atoms with Crippen LogP contribution in [0.3, 0.4) is 0 Å². The second kappa shape index (κ2) is 6.40. The molecule has 0 aliphatic heterocycles. The number of nitrogens with one attached hydrogen (secondary N) is 1. The molecule has 23 heavy (non-hydrogen) atoms. The van der Waals surface area contributed by atoms with Crippen molar-refractivity contribution in [1.82, 2.24) is 4.72 Å². The molecule has 0 saturated carbocycles. The van der Waals surface area contributed by atoms with Gasteiger partial charge in [0.05, 0.1) is 16.5 Å². The summed E-state index contributed by atoms with van der Waals surface area (Å²) in [7, 11) is -3.95. The van der Waals surface area contributed by atoms with Crippen molar-refractivity contribution in [2.45, 2.75) is 17.1 Å². The standard InChI is InChI=1S/C15H11F3N2O2S/c16-15(17,18)12-8-6-11(7-9-12)14(10-19)20-23(21,22)13-4-2-1-3-5-13/h1-9,14,20H. The Morgan fingerprint density at radius 2 is 1.57 bits per heavy atom. The highest BCUT2D eigenvalue weighted by Crippen LogP contribution is 2.30. The van der Waals surface area contributed by atoms with Crippen LogP contribution < -0.4 is 4.72 Å². The van der Waals surface area contributed by atoms with E-state index in [0.29, 0.717) is 0 Å². The molecule has 4 nitrogen and oxygen atoms in total. The Labute approximate surface area is 131 Å². The number of hydrogen-bond donors (Lipinski definition) is 1. The molecule has 0 radical (unpaired) electrons. The fourth-order valence-corrected chi connectivity index (χ4v) is 3.01. The highest BCUT2D eigenvalue weighted by atomic mass is 32.2. The van der Waals surface area contributed by atoms with E-state index in [1.54, 1.807) is 12.1 Å². The molecule has 0 heterocycles. The summed E-state index contributed by atoms with van der Waals surface area (Å²) in [6.45, 7) is 0. The average molecular weight is 340 g/mol. The first kappa shape index (κ1) is 17.0. The maximum Gasteiger partial charge on any atom is 0.416 e. The third-order valence-corrected chi connectivity index (χ3v) is 4.47. The third kappa shape index (κ3) is 4.09. The zero-order valence-corrected chi connectivity index (χ0v) is 12.4. The lowest BCUT2D eigenvalue weighted by molar-refractivity contribution is -0.137. The van der Waals surface area contributed by atoms with Gasteiger partial charge >= 0.3 is 6.18 Å². The molecule has 1 unspecified atom stereocenters. The van der Waals surface area contributed by atoms with E-state index in [0.717, 1.165) is 24.3 Å². The predicted molar refractivity (Wildman–Crippen MR) is 76.6 cm³/mol. The quantitative estimate of drug-likeness (QED) is 0.929. The molecule has 0 aliphatic rings. The molecule has 0 aliphatic carbocycles. The minimum Gasteiger partial charge on any atom is -0.207 e. The van der Waals surface area contributed by atoms with Gasteiger partial charge in [-0.3, -0.25) is 0 Å².